The maximum Gasteiger partial charge on any atom is 0.226 e. The van der Waals surface area contributed by atoms with E-state index in [1.54, 1.807) is 4.90 Å². The Labute approximate surface area is 120 Å². The van der Waals surface area contributed by atoms with Crippen LogP contribution in [0.2, 0.25) is 5.02 Å². The van der Waals surface area contributed by atoms with Crippen LogP contribution in [0.15, 0.2) is 24.3 Å². The van der Waals surface area contributed by atoms with Crippen molar-refractivity contribution in [3.8, 4) is 0 Å². The fourth-order valence-electron chi connectivity index (χ4n) is 1.61. The van der Waals surface area contributed by atoms with Crippen LogP contribution in [0.3, 0.4) is 0 Å². The summed E-state index contributed by atoms with van der Waals surface area (Å²) in [5.41, 5.74) is 6.55. The molecule has 1 rings (SSSR count). The van der Waals surface area contributed by atoms with Gasteiger partial charge in [-0.25, -0.2) is 0 Å². The number of hydrogen-bond donors (Lipinski definition) is 1. The standard InChI is InChI=1S/C13H19ClN2O.ClH/c1-3-16(13(17)10(2)8-15)9-11-5-4-6-12(14)7-11;/h4-7,10H,3,8-9,15H2,1-2H3;1H. The van der Waals surface area contributed by atoms with Crippen molar-refractivity contribution in [3.63, 3.8) is 0 Å². The molecular formula is C13H20Cl2N2O. The van der Waals surface area contributed by atoms with Crippen LogP contribution in [0.5, 0.6) is 0 Å². The average molecular weight is 291 g/mol. The van der Waals surface area contributed by atoms with Crippen molar-refractivity contribution in [2.24, 2.45) is 11.7 Å². The summed E-state index contributed by atoms with van der Waals surface area (Å²) in [6.45, 7) is 5.45. The van der Waals surface area contributed by atoms with Gasteiger partial charge in [-0.1, -0.05) is 30.7 Å². The second kappa shape index (κ2) is 8.35. The van der Waals surface area contributed by atoms with E-state index in [2.05, 4.69) is 0 Å². The summed E-state index contributed by atoms with van der Waals surface area (Å²) in [4.78, 5) is 13.8. The second-order valence-electron chi connectivity index (χ2n) is 4.12. The van der Waals surface area contributed by atoms with Crippen LogP contribution in [0.1, 0.15) is 19.4 Å². The third-order valence-electron chi connectivity index (χ3n) is 2.73. The number of carbonyl (C=O) groups is 1. The highest BCUT2D eigenvalue weighted by atomic mass is 35.5. The number of carbonyl (C=O) groups excluding carboxylic acids is 1. The summed E-state index contributed by atoms with van der Waals surface area (Å²) in [5, 5.41) is 0.692. The number of halogens is 2. The predicted octanol–water partition coefficient (Wildman–Crippen LogP) is 2.71. The van der Waals surface area contributed by atoms with Gasteiger partial charge in [-0.2, -0.15) is 0 Å². The Bertz CT molecular complexity index is 385. The normalized spacial score (nSPS) is 11.6. The number of benzene rings is 1. The van der Waals surface area contributed by atoms with Crippen molar-refractivity contribution >= 4 is 29.9 Å². The summed E-state index contributed by atoms with van der Waals surface area (Å²) < 4.78 is 0. The van der Waals surface area contributed by atoms with Gasteiger partial charge in [-0.05, 0) is 24.6 Å². The molecule has 0 heterocycles. The van der Waals surface area contributed by atoms with Crippen molar-refractivity contribution < 1.29 is 4.79 Å². The van der Waals surface area contributed by atoms with Crippen molar-refractivity contribution in [3.05, 3.63) is 34.9 Å². The smallest absolute Gasteiger partial charge is 0.226 e. The van der Waals surface area contributed by atoms with E-state index in [4.69, 9.17) is 17.3 Å². The molecule has 1 amide bonds. The highest BCUT2D eigenvalue weighted by Gasteiger charge is 2.17. The zero-order chi connectivity index (χ0) is 12.8. The lowest BCUT2D eigenvalue weighted by Crippen LogP contribution is -2.37. The fourth-order valence-corrected chi connectivity index (χ4v) is 1.83. The van der Waals surface area contributed by atoms with E-state index < -0.39 is 0 Å². The summed E-state index contributed by atoms with van der Waals surface area (Å²) >= 11 is 5.92. The molecule has 0 saturated heterocycles. The minimum Gasteiger partial charge on any atom is -0.338 e. The van der Waals surface area contributed by atoms with Gasteiger partial charge in [0.1, 0.15) is 0 Å². The Morgan fingerprint density at radius 2 is 2.17 bits per heavy atom. The molecule has 1 unspecified atom stereocenters. The van der Waals surface area contributed by atoms with Crippen LogP contribution >= 0.6 is 24.0 Å². The van der Waals surface area contributed by atoms with Gasteiger partial charge in [0, 0.05) is 30.6 Å². The Balaban J connectivity index is 0.00000289. The summed E-state index contributed by atoms with van der Waals surface area (Å²) in [6.07, 6.45) is 0. The first-order valence-corrected chi connectivity index (χ1v) is 6.19. The van der Waals surface area contributed by atoms with Crippen LogP contribution in [0, 0.1) is 5.92 Å². The van der Waals surface area contributed by atoms with Crippen molar-refractivity contribution in [1.82, 2.24) is 4.90 Å². The van der Waals surface area contributed by atoms with Crippen LogP contribution < -0.4 is 5.73 Å². The molecule has 0 saturated carbocycles. The molecule has 1 aromatic carbocycles. The zero-order valence-corrected chi connectivity index (χ0v) is 12.3. The molecule has 1 atom stereocenters. The van der Waals surface area contributed by atoms with Gasteiger partial charge in [0.25, 0.3) is 0 Å². The van der Waals surface area contributed by atoms with Crippen LogP contribution in [0.4, 0.5) is 0 Å². The molecular weight excluding hydrogens is 271 g/mol. The third-order valence-corrected chi connectivity index (χ3v) is 2.97. The molecule has 0 radical (unpaired) electrons. The van der Waals surface area contributed by atoms with E-state index in [0.29, 0.717) is 24.7 Å². The Kier molecular flexibility index (Phi) is 8.00. The molecule has 0 fully saturated rings. The predicted molar refractivity (Wildman–Crippen MR) is 78.0 cm³/mol. The van der Waals surface area contributed by atoms with E-state index in [1.165, 1.54) is 0 Å². The molecule has 18 heavy (non-hydrogen) atoms. The maximum atomic E-state index is 12.0. The molecule has 0 aliphatic rings. The molecule has 0 spiro atoms. The Morgan fingerprint density at radius 3 is 2.67 bits per heavy atom. The molecule has 2 N–H and O–H groups in total. The van der Waals surface area contributed by atoms with Crippen LogP contribution in [-0.2, 0) is 11.3 Å². The number of hydrogen-bond acceptors (Lipinski definition) is 2. The quantitative estimate of drug-likeness (QED) is 0.906. The van der Waals surface area contributed by atoms with E-state index >= 15 is 0 Å². The molecule has 5 heteroatoms. The summed E-state index contributed by atoms with van der Waals surface area (Å²) in [6, 6.07) is 7.56. The second-order valence-corrected chi connectivity index (χ2v) is 4.56. The van der Waals surface area contributed by atoms with Gasteiger partial charge in [-0.15, -0.1) is 12.4 Å². The van der Waals surface area contributed by atoms with Gasteiger partial charge in [0.2, 0.25) is 5.91 Å². The average Bonchev–Trinajstić information content (AvgIpc) is 2.34. The first-order chi connectivity index (χ1) is 8.08. The minimum absolute atomic E-state index is 0. The minimum atomic E-state index is -0.130. The largest absolute Gasteiger partial charge is 0.338 e. The molecule has 0 bridgehead atoms. The first kappa shape index (κ1) is 17.2. The van der Waals surface area contributed by atoms with E-state index in [1.807, 2.05) is 38.1 Å². The van der Waals surface area contributed by atoms with Crippen LogP contribution in [-0.4, -0.2) is 23.9 Å². The lowest BCUT2D eigenvalue weighted by molar-refractivity contribution is -0.135. The number of nitrogens with zero attached hydrogens (tertiary/aromatic N) is 1. The summed E-state index contributed by atoms with van der Waals surface area (Å²) in [7, 11) is 0. The zero-order valence-electron chi connectivity index (χ0n) is 10.7. The first-order valence-electron chi connectivity index (χ1n) is 5.81. The fraction of sp³-hybridized carbons (Fsp3) is 0.462. The summed E-state index contributed by atoms with van der Waals surface area (Å²) in [5.74, 6) is -0.0379. The van der Waals surface area contributed by atoms with E-state index in [-0.39, 0.29) is 24.2 Å². The monoisotopic (exact) mass is 290 g/mol. The maximum absolute atomic E-state index is 12.0. The Hall–Kier alpha value is -0.770. The molecule has 0 aliphatic carbocycles. The van der Waals surface area contributed by atoms with Gasteiger partial charge in [0.05, 0.1) is 0 Å². The molecule has 1 aromatic rings. The van der Waals surface area contributed by atoms with Gasteiger partial charge < -0.3 is 10.6 Å². The highest BCUT2D eigenvalue weighted by Crippen LogP contribution is 2.13. The number of rotatable bonds is 5. The molecule has 102 valence electrons. The third kappa shape index (κ3) is 4.84. The lowest BCUT2D eigenvalue weighted by Gasteiger charge is -2.24. The molecule has 0 aliphatic heterocycles. The van der Waals surface area contributed by atoms with Crippen molar-refractivity contribution in [1.29, 1.82) is 0 Å². The molecule has 3 nitrogen and oxygen atoms in total. The van der Waals surface area contributed by atoms with Crippen molar-refractivity contribution in [2.45, 2.75) is 20.4 Å². The van der Waals surface area contributed by atoms with Gasteiger partial charge in [-0.3, -0.25) is 4.79 Å². The van der Waals surface area contributed by atoms with Crippen LogP contribution in [0.25, 0.3) is 0 Å². The lowest BCUT2D eigenvalue weighted by atomic mass is 10.1. The number of amides is 1. The Morgan fingerprint density at radius 1 is 1.50 bits per heavy atom. The molecule has 0 aromatic heterocycles. The SMILES string of the molecule is CCN(Cc1cccc(Cl)c1)C(=O)C(C)CN.Cl. The number of nitrogens with two attached hydrogens (primary N) is 1. The topological polar surface area (TPSA) is 46.3 Å². The van der Waals surface area contributed by atoms with Crippen molar-refractivity contribution in [2.75, 3.05) is 13.1 Å². The van der Waals surface area contributed by atoms with Gasteiger partial charge >= 0.3 is 0 Å². The van der Waals surface area contributed by atoms with E-state index in [9.17, 15) is 4.79 Å². The van der Waals surface area contributed by atoms with Gasteiger partial charge in [0.15, 0.2) is 0 Å². The highest BCUT2D eigenvalue weighted by molar-refractivity contribution is 6.30. The van der Waals surface area contributed by atoms with E-state index in [0.717, 1.165) is 5.56 Å².